The highest BCUT2D eigenvalue weighted by Gasteiger charge is 2.08. The second-order valence-electron chi connectivity index (χ2n) is 5.72. The summed E-state index contributed by atoms with van der Waals surface area (Å²) in [5, 5.41) is 14.6. The van der Waals surface area contributed by atoms with E-state index < -0.39 is 0 Å². The van der Waals surface area contributed by atoms with Gasteiger partial charge in [-0.25, -0.2) is 4.79 Å². The van der Waals surface area contributed by atoms with E-state index in [1.54, 1.807) is 18.9 Å². The fourth-order valence-corrected chi connectivity index (χ4v) is 2.33. The molecule has 118 valence electrons. The number of aliphatic hydroxyl groups excluding tert-OH is 1. The highest BCUT2D eigenvalue weighted by atomic mass is 16.3. The van der Waals surface area contributed by atoms with E-state index in [2.05, 4.69) is 35.6 Å². The molecule has 4 nitrogen and oxygen atoms in total. The summed E-state index contributed by atoms with van der Waals surface area (Å²) >= 11 is 0. The first-order valence-electron chi connectivity index (χ1n) is 7.71. The lowest BCUT2D eigenvalue weighted by Crippen LogP contribution is -2.39. The molecule has 0 spiro atoms. The van der Waals surface area contributed by atoms with E-state index in [-0.39, 0.29) is 12.1 Å². The third-order valence-corrected chi connectivity index (χ3v) is 3.73. The third-order valence-electron chi connectivity index (χ3n) is 3.73. The van der Waals surface area contributed by atoms with Gasteiger partial charge >= 0.3 is 6.03 Å². The van der Waals surface area contributed by atoms with Crippen molar-refractivity contribution in [1.82, 2.24) is 10.2 Å². The molecule has 1 atom stereocenters. The van der Waals surface area contributed by atoms with Crippen LogP contribution in [0.2, 0.25) is 0 Å². The van der Waals surface area contributed by atoms with Crippen LogP contribution in [0.5, 0.6) is 0 Å². The van der Waals surface area contributed by atoms with Crippen molar-refractivity contribution in [2.45, 2.75) is 25.9 Å². The number of carbonyl (C=O) groups excluding carboxylic acids is 1. The van der Waals surface area contributed by atoms with Gasteiger partial charge in [0, 0.05) is 20.1 Å². The third kappa shape index (κ3) is 4.74. The van der Waals surface area contributed by atoms with Crippen LogP contribution in [0, 0.1) is 0 Å². The fourth-order valence-electron chi connectivity index (χ4n) is 2.33. The van der Waals surface area contributed by atoms with Gasteiger partial charge in [-0.3, -0.25) is 0 Å². The molecular formula is C18H24N2O2. The van der Waals surface area contributed by atoms with Crippen molar-refractivity contribution in [1.29, 1.82) is 0 Å². The number of benzene rings is 2. The minimum Gasteiger partial charge on any atom is -0.393 e. The van der Waals surface area contributed by atoms with Gasteiger partial charge in [0.2, 0.25) is 0 Å². The Morgan fingerprint density at radius 3 is 2.68 bits per heavy atom. The molecule has 2 N–H and O–H groups in total. The minimum atomic E-state index is -0.382. The van der Waals surface area contributed by atoms with E-state index in [0.717, 1.165) is 6.42 Å². The summed E-state index contributed by atoms with van der Waals surface area (Å²) in [5.41, 5.74) is 1.21. The second-order valence-corrected chi connectivity index (χ2v) is 5.72. The number of amides is 2. The zero-order valence-corrected chi connectivity index (χ0v) is 13.2. The normalized spacial score (nSPS) is 12.1. The number of nitrogens with one attached hydrogen (secondary N) is 1. The lowest BCUT2D eigenvalue weighted by atomic mass is 10.1. The number of carbonyl (C=O) groups is 1. The van der Waals surface area contributed by atoms with Crippen LogP contribution >= 0.6 is 0 Å². The highest BCUT2D eigenvalue weighted by Crippen LogP contribution is 2.15. The molecule has 2 rings (SSSR count). The Morgan fingerprint density at radius 2 is 1.95 bits per heavy atom. The van der Waals surface area contributed by atoms with Crippen LogP contribution in [0.15, 0.2) is 42.5 Å². The molecule has 2 amide bonds. The SMILES string of the molecule is CC(O)CCN(C)C(=O)NCCc1ccc2ccccc2c1. The smallest absolute Gasteiger partial charge is 0.317 e. The summed E-state index contributed by atoms with van der Waals surface area (Å²) in [4.78, 5) is 13.5. The summed E-state index contributed by atoms with van der Waals surface area (Å²) in [6, 6.07) is 14.5. The molecule has 22 heavy (non-hydrogen) atoms. The molecule has 2 aromatic rings. The molecular weight excluding hydrogens is 276 g/mol. The molecule has 2 aromatic carbocycles. The molecule has 0 aliphatic carbocycles. The molecule has 0 aromatic heterocycles. The van der Waals surface area contributed by atoms with Crippen molar-refractivity contribution in [2.75, 3.05) is 20.1 Å². The van der Waals surface area contributed by atoms with Gasteiger partial charge in [0.15, 0.2) is 0 Å². The average molecular weight is 300 g/mol. The molecule has 0 radical (unpaired) electrons. The largest absolute Gasteiger partial charge is 0.393 e. The van der Waals surface area contributed by atoms with Gasteiger partial charge in [-0.1, -0.05) is 42.5 Å². The highest BCUT2D eigenvalue weighted by molar-refractivity contribution is 5.83. The summed E-state index contributed by atoms with van der Waals surface area (Å²) in [5.74, 6) is 0. The summed E-state index contributed by atoms with van der Waals surface area (Å²) < 4.78 is 0. The Kier molecular flexibility index (Phi) is 5.78. The lowest BCUT2D eigenvalue weighted by molar-refractivity contribution is 0.163. The van der Waals surface area contributed by atoms with Gasteiger partial charge in [0.1, 0.15) is 0 Å². The van der Waals surface area contributed by atoms with Crippen molar-refractivity contribution in [3.05, 3.63) is 48.0 Å². The predicted octanol–water partition coefficient (Wildman–Crippen LogP) is 2.79. The predicted molar refractivity (Wildman–Crippen MR) is 90.0 cm³/mol. The first kappa shape index (κ1) is 16.3. The van der Waals surface area contributed by atoms with Crippen molar-refractivity contribution < 1.29 is 9.90 Å². The van der Waals surface area contributed by atoms with Crippen LogP contribution < -0.4 is 5.32 Å². The maximum atomic E-state index is 11.9. The van der Waals surface area contributed by atoms with Crippen molar-refractivity contribution >= 4 is 16.8 Å². The van der Waals surface area contributed by atoms with Gasteiger partial charge in [-0.15, -0.1) is 0 Å². The van der Waals surface area contributed by atoms with E-state index >= 15 is 0 Å². The Morgan fingerprint density at radius 1 is 1.23 bits per heavy atom. The minimum absolute atomic E-state index is 0.0959. The zero-order valence-electron chi connectivity index (χ0n) is 13.2. The van der Waals surface area contributed by atoms with Crippen molar-refractivity contribution in [3.8, 4) is 0 Å². The molecule has 0 saturated heterocycles. The lowest BCUT2D eigenvalue weighted by Gasteiger charge is -2.18. The number of aliphatic hydroxyl groups is 1. The maximum absolute atomic E-state index is 11.9. The Hall–Kier alpha value is -2.07. The van der Waals surface area contributed by atoms with Crippen molar-refractivity contribution in [2.24, 2.45) is 0 Å². The first-order valence-corrected chi connectivity index (χ1v) is 7.71. The monoisotopic (exact) mass is 300 g/mol. The van der Waals surface area contributed by atoms with Gasteiger partial charge < -0.3 is 15.3 Å². The van der Waals surface area contributed by atoms with Crippen LogP contribution in [0.25, 0.3) is 10.8 Å². The Labute approximate surface area is 131 Å². The van der Waals surface area contributed by atoms with E-state index in [1.807, 2.05) is 12.1 Å². The fraction of sp³-hybridized carbons (Fsp3) is 0.389. The second kappa shape index (κ2) is 7.80. The molecule has 4 heteroatoms. The van der Waals surface area contributed by atoms with Crippen LogP contribution in [0.3, 0.4) is 0 Å². The molecule has 0 heterocycles. The van der Waals surface area contributed by atoms with Gasteiger partial charge in [0.05, 0.1) is 6.10 Å². The molecule has 0 bridgehead atoms. The zero-order chi connectivity index (χ0) is 15.9. The van der Waals surface area contributed by atoms with Crippen LogP contribution in [0.4, 0.5) is 4.79 Å². The standard InChI is InChI=1S/C18H24N2O2/c1-14(21)10-12-20(2)18(22)19-11-9-15-7-8-16-5-3-4-6-17(16)13-15/h3-8,13-14,21H,9-12H2,1-2H3,(H,19,22). The molecule has 1 unspecified atom stereocenters. The van der Waals surface area contributed by atoms with Crippen molar-refractivity contribution in [3.63, 3.8) is 0 Å². The van der Waals surface area contributed by atoms with E-state index in [9.17, 15) is 9.90 Å². The number of fused-ring (bicyclic) bond motifs is 1. The van der Waals surface area contributed by atoms with E-state index in [0.29, 0.717) is 19.5 Å². The summed E-state index contributed by atoms with van der Waals surface area (Å²) in [7, 11) is 1.74. The van der Waals surface area contributed by atoms with Crippen LogP contribution in [-0.4, -0.2) is 42.3 Å². The number of nitrogens with zero attached hydrogens (tertiary/aromatic N) is 1. The number of urea groups is 1. The molecule has 0 saturated carbocycles. The maximum Gasteiger partial charge on any atom is 0.317 e. The molecule has 0 aliphatic heterocycles. The van der Waals surface area contributed by atoms with Crippen LogP contribution in [-0.2, 0) is 6.42 Å². The van der Waals surface area contributed by atoms with Gasteiger partial charge in [-0.05, 0) is 36.1 Å². The number of rotatable bonds is 6. The van der Waals surface area contributed by atoms with Gasteiger partial charge in [0.25, 0.3) is 0 Å². The summed E-state index contributed by atoms with van der Waals surface area (Å²) in [6.07, 6.45) is 1.02. The van der Waals surface area contributed by atoms with E-state index in [4.69, 9.17) is 0 Å². The van der Waals surface area contributed by atoms with Gasteiger partial charge in [-0.2, -0.15) is 0 Å². The molecule has 0 fully saturated rings. The first-order chi connectivity index (χ1) is 10.6. The van der Waals surface area contributed by atoms with E-state index in [1.165, 1.54) is 16.3 Å². The van der Waals surface area contributed by atoms with Crippen LogP contribution in [0.1, 0.15) is 18.9 Å². The Balaban J connectivity index is 1.80. The topological polar surface area (TPSA) is 52.6 Å². The quantitative estimate of drug-likeness (QED) is 0.862. The summed E-state index contributed by atoms with van der Waals surface area (Å²) in [6.45, 7) is 2.89. The average Bonchev–Trinajstić information content (AvgIpc) is 2.52. The Bertz CT molecular complexity index is 625. The number of hydrogen-bond donors (Lipinski definition) is 2. The molecule has 0 aliphatic rings. The number of hydrogen-bond acceptors (Lipinski definition) is 2.